The van der Waals surface area contributed by atoms with Crippen LogP contribution >= 0.6 is 0 Å². The Labute approximate surface area is 123 Å². The van der Waals surface area contributed by atoms with Gasteiger partial charge in [-0.2, -0.15) is 0 Å². The van der Waals surface area contributed by atoms with Crippen molar-refractivity contribution in [1.29, 1.82) is 0 Å². The average Bonchev–Trinajstić information content (AvgIpc) is 2.37. The summed E-state index contributed by atoms with van der Waals surface area (Å²) in [6.45, 7) is 1.91. The van der Waals surface area contributed by atoms with Crippen LogP contribution in [0, 0.1) is 6.92 Å². The molecular weight excluding hydrogens is 290 g/mol. The Morgan fingerprint density at radius 2 is 1.81 bits per heavy atom. The molecule has 0 unspecified atom stereocenters. The summed E-state index contributed by atoms with van der Waals surface area (Å²) < 4.78 is 24.5. The number of pyridine rings is 1. The number of sulfonamides is 1. The maximum atomic E-state index is 12.0. The van der Waals surface area contributed by atoms with Crippen molar-refractivity contribution in [3.05, 3.63) is 53.7 Å². The number of nitrogens with one attached hydrogen (secondary N) is 2. The normalized spacial score (nSPS) is 11.0. The Hall–Kier alpha value is -2.41. The van der Waals surface area contributed by atoms with Crippen molar-refractivity contribution in [2.24, 2.45) is 0 Å². The first-order valence-electron chi connectivity index (χ1n) is 6.15. The molecule has 0 saturated carbocycles. The lowest BCUT2D eigenvalue weighted by atomic mass is 10.2. The number of hydrogen-bond donors (Lipinski definition) is 2. The van der Waals surface area contributed by atoms with Crippen LogP contribution in [0.1, 0.15) is 15.9 Å². The van der Waals surface area contributed by atoms with Gasteiger partial charge in [0.1, 0.15) is 5.82 Å². The van der Waals surface area contributed by atoms with Crippen LogP contribution in [0.5, 0.6) is 0 Å². The first-order chi connectivity index (χ1) is 9.83. The van der Waals surface area contributed by atoms with Crippen LogP contribution in [0.15, 0.2) is 42.6 Å². The van der Waals surface area contributed by atoms with Crippen molar-refractivity contribution in [3.8, 4) is 0 Å². The van der Waals surface area contributed by atoms with E-state index in [0.717, 1.165) is 11.8 Å². The van der Waals surface area contributed by atoms with Crippen LogP contribution in [0.4, 0.5) is 11.5 Å². The van der Waals surface area contributed by atoms with Gasteiger partial charge in [-0.15, -0.1) is 0 Å². The molecule has 0 atom stereocenters. The van der Waals surface area contributed by atoms with Crippen molar-refractivity contribution in [3.63, 3.8) is 0 Å². The molecular formula is C14H15N3O3S. The van der Waals surface area contributed by atoms with Crippen molar-refractivity contribution < 1.29 is 13.2 Å². The molecule has 0 spiro atoms. The first-order valence-corrected chi connectivity index (χ1v) is 8.04. The maximum absolute atomic E-state index is 12.0. The zero-order valence-electron chi connectivity index (χ0n) is 11.6. The van der Waals surface area contributed by atoms with E-state index in [1.54, 1.807) is 24.4 Å². The molecule has 2 aromatic rings. The lowest BCUT2D eigenvalue weighted by Gasteiger charge is -2.07. The van der Waals surface area contributed by atoms with Gasteiger partial charge < -0.3 is 5.32 Å². The summed E-state index contributed by atoms with van der Waals surface area (Å²) in [5.41, 5.74) is 1.81. The predicted molar refractivity (Wildman–Crippen MR) is 81.8 cm³/mol. The molecule has 2 rings (SSSR count). The molecule has 1 aromatic heterocycles. The minimum Gasteiger partial charge on any atom is -0.307 e. The number of carbonyl (C=O) groups excluding carboxylic acids is 1. The number of nitrogens with zero attached hydrogens (tertiary/aromatic N) is 1. The van der Waals surface area contributed by atoms with E-state index >= 15 is 0 Å². The third-order valence-corrected chi connectivity index (χ3v) is 3.21. The van der Waals surface area contributed by atoms with E-state index in [4.69, 9.17) is 0 Å². The van der Waals surface area contributed by atoms with Crippen LogP contribution in [-0.4, -0.2) is 25.6 Å². The Bertz CT molecular complexity index is 755. The Kier molecular flexibility index (Phi) is 4.23. The van der Waals surface area contributed by atoms with E-state index in [2.05, 4.69) is 15.0 Å². The van der Waals surface area contributed by atoms with Crippen LogP contribution < -0.4 is 10.0 Å². The Balaban J connectivity index is 2.10. The molecule has 0 saturated heterocycles. The summed E-state index contributed by atoms with van der Waals surface area (Å²) in [5, 5.41) is 2.68. The van der Waals surface area contributed by atoms with Gasteiger partial charge in [0.25, 0.3) is 5.91 Å². The SMILES string of the molecule is Cc1ccnc(NC(=O)c2ccc(NS(C)(=O)=O)cc2)c1. The molecule has 21 heavy (non-hydrogen) atoms. The highest BCUT2D eigenvalue weighted by Crippen LogP contribution is 2.13. The first kappa shape index (κ1) is 15.0. The van der Waals surface area contributed by atoms with Crippen LogP contribution in [-0.2, 0) is 10.0 Å². The molecule has 1 amide bonds. The molecule has 0 aliphatic rings. The molecule has 1 aromatic carbocycles. The van der Waals surface area contributed by atoms with E-state index in [0.29, 0.717) is 17.1 Å². The van der Waals surface area contributed by atoms with Gasteiger partial charge in [0.2, 0.25) is 10.0 Å². The summed E-state index contributed by atoms with van der Waals surface area (Å²) in [6, 6.07) is 9.73. The third kappa shape index (κ3) is 4.57. The highest BCUT2D eigenvalue weighted by atomic mass is 32.2. The minimum atomic E-state index is -3.32. The van der Waals surface area contributed by atoms with E-state index in [1.807, 2.05) is 13.0 Å². The Morgan fingerprint density at radius 3 is 2.38 bits per heavy atom. The van der Waals surface area contributed by atoms with Gasteiger partial charge in [-0.25, -0.2) is 13.4 Å². The lowest BCUT2D eigenvalue weighted by Crippen LogP contribution is -2.13. The second-order valence-electron chi connectivity index (χ2n) is 4.62. The second kappa shape index (κ2) is 5.92. The number of aryl methyl sites for hydroxylation is 1. The number of aromatic nitrogens is 1. The highest BCUT2D eigenvalue weighted by Gasteiger charge is 2.08. The van der Waals surface area contributed by atoms with Gasteiger partial charge >= 0.3 is 0 Å². The smallest absolute Gasteiger partial charge is 0.256 e. The van der Waals surface area contributed by atoms with Gasteiger partial charge in [0.05, 0.1) is 6.26 Å². The van der Waals surface area contributed by atoms with E-state index in [9.17, 15) is 13.2 Å². The quantitative estimate of drug-likeness (QED) is 0.904. The molecule has 6 nitrogen and oxygen atoms in total. The molecule has 0 fully saturated rings. The molecule has 110 valence electrons. The van der Waals surface area contributed by atoms with Crippen molar-refractivity contribution >= 4 is 27.4 Å². The minimum absolute atomic E-state index is 0.306. The van der Waals surface area contributed by atoms with Crippen LogP contribution in [0.2, 0.25) is 0 Å². The standard InChI is InChI=1S/C14H15N3O3S/c1-10-7-8-15-13(9-10)16-14(18)11-3-5-12(6-4-11)17-21(2,19)20/h3-9,17H,1-2H3,(H,15,16,18). The molecule has 0 aliphatic heterocycles. The molecule has 7 heteroatoms. The van der Waals surface area contributed by atoms with Gasteiger partial charge in [0.15, 0.2) is 0 Å². The summed E-state index contributed by atoms with van der Waals surface area (Å²) in [5.74, 6) is 0.164. The van der Waals surface area contributed by atoms with Crippen LogP contribution in [0.25, 0.3) is 0 Å². The average molecular weight is 305 g/mol. The summed E-state index contributed by atoms with van der Waals surface area (Å²) in [7, 11) is -3.32. The van der Waals surface area contributed by atoms with E-state index in [-0.39, 0.29) is 5.91 Å². The summed E-state index contributed by atoms with van der Waals surface area (Å²) in [6.07, 6.45) is 2.68. The van der Waals surface area contributed by atoms with Crippen molar-refractivity contribution in [1.82, 2.24) is 4.98 Å². The summed E-state index contributed by atoms with van der Waals surface area (Å²) >= 11 is 0. The zero-order chi connectivity index (χ0) is 15.5. The van der Waals surface area contributed by atoms with E-state index in [1.165, 1.54) is 12.1 Å². The monoisotopic (exact) mass is 305 g/mol. The third-order valence-electron chi connectivity index (χ3n) is 2.61. The highest BCUT2D eigenvalue weighted by molar-refractivity contribution is 7.92. The maximum Gasteiger partial charge on any atom is 0.256 e. The van der Waals surface area contributed by atoms with Gasteiger partial charge in [0, 0.05) is 17.4 Å². The second-order valence-corrected chi connectivity index (χ2v) is 6.37. The van der Waals surface area contributed by atoms with Crippen LogP contribution in [0.3, 0.4) is 0 Å². The fourth-order valence-corrected chi connectivity index (χ4v) is 2.26. The Morgan fingerprint density at radius 1 is 1.14 bits per heavy atom. The lowest BCUT2D eigenvalue weighted by molar-refractivity contribution is 0.102. The topological polar surface area (TPSA) is 88.2 Å². The number of carbonyl (C=O) groups is 1. The molecule has 0 bridgehead atoms. The van der Waals surface area contributed by atoms with Gasteiger partial charge in [-0.1, -0.05) is 0 Å². The molecule has 1 heterocycles. The fourth-order valence-electron chi connectivity index (χ4n) is 1.70. The number of anilines is 2. The van der Waals surface area contributed by atoms with E-state index < -0.39 is 10.0 Å². The summed E-state index contributed by atoms with van der Waals surface area (Å²) in [4.78, 5) is 16.1. The number of rotatable bonds is 4. The molecule has 0 radical (unpaired) electrons. The largest absolute Gasteiger partial charge is 0.307 e. The predicted octanol–water partition coefficient (Wildman–Crippen LogP) is 2.01. The number of amides is 1. The van der Waals surface area contributed by atoms with Crippen molar-refractivity contribution in [2.75, 3.05) is 16.3 Å². The zero-order valence-corrected chi connectivity index (χ0v) is 12.4. The number of hydrogen-bond acceptors (Lipinski definition) is 4. The number of benzene rings is 1. The fraction of sp³-hybridized carbons (Fsp3) is 0.143. The van der Waals surface area contributed by atoms with Crippen molar-refractivity contribution in [2.45, 2.75) is 6.92 Å². The molecule has 2 N–H and O–H groups in total. The molecule has 0 aliphatic carbocycles. The van der Waals surface area contributed by atoms with Gasteiger partial charge in [-0.05, 0) is 48.9 Å². The van der Waals surface area contributed by atoms with Gasteiger partial charge in [-0.3, -0.25) is 9.52 Å².